The summed E-state index contributed by atoms with van der Waals surface area (Å²) < 4.78 is 44.2. The molecule has 102 valence electrons. The predicted octanol–water partition coefficient (Wildman–Crippen LogP) is 3.80. The highest BCUT2D eigenvalue weighted by Gasteiger charge is 2.45. The molecule has 1 aromatic carbocycles. The van der Waals surface area contributed by atoms with Gasteiger partial charge in [-0.2, -0.15) is 13.2 Å². The van der Waals surface area contributed by atoms with Crippen molar-refractivity contribution in [1.29, 1.82) is 0 Å². The minimum Gasteiger partial charge on any atom is -0.479 e. The fourth-order valence-electron chi connectivity index (χ4n) is 1.45. The van der Waals surface area contributed by atoms with Crippen LogP contribution >= 0.6 is 15.9 Å². The molecule has 2 nitrogen and oxygen atoms in total. The van der Waals surface area contributed by atoms with Gasteiger partial charge in [0.1, 0.15) is 5.75 Å². The Kier molecular flexibility index (Phi) is 5.04. The molecule has 0 saturated heterocycles. The number of aryl methyl sites for hydroxylation is 1. The van der Waals surface area contributed by atoms with Crippen LogP contribution in [0.25, 0.3) is 0 Å². The van der Waals surface area contributed by atoms with E-state index in [1.807, 2.05) is 0 Å². The van der Waals surface area contributed by atoms with Gasteiger partial charge >= 0.3 is 6.18 Å². The number of halogens is 4. The monoisotopic (exact) mass is 325 g/mol. The van der Waals surface area contributed by atoms with Crippen LogP contribution in [-0.2, 0) is 0 Å². The minimum absolute atomic E-state index is 0.168. The molecule has 0 radical (unpaired) electrons. The van der Waals surface area contributed by atoms with Crippen molar-refractivity contribution in [2.75, 3.05) is 0 Å². The average Bonchev–Trinajstić information content (AvgIpc) is 2.28. The van der Waals surface area contributed by atoms with Crippen molar-refractivity contribution in [1.82, 2.24) is 0 Å². The fraction of sp³-hybridized carbons (Fsp3) is 0.500. The summed E-state index contributed by atoms with van der Waals surface area (Å²) in [6.45, 7) is 3.37. The van der Waals surface area contributed by atoms with Gasteiger partial charge in [0.15, 0.2) is 0 Å². The maximum Gasteiger partial charge on any atom is 0.426 e. The van der Waals surface area contributed by atoms with Gasteiger partial charge in [-0.25, -0.2) is 0 Å². The fourth-order valence-corrected chi connectivity index (χ4v) is 1.69. The number of nitrogens with two attached hydrogens (primary N) is 1. The van der Waals surface area contributed by atoms with Gasteiger partial charge in [0.25, 0.3) is 0 Å². The molecule has 0 aliphatic carbocycles. The van der Waals surface area contributed by atoms with Gasteiger partial charge in [0.05, 0.1) is 6.04 Å². The van der Waals surface area contributed by atoms with Gasteiger partial charge in [-0.15, -0.1) is 0 Å². The summed E-state index contributed by atoms with van der Waals surface area (Å²) in [6, 6.07) is 3.60. The molecule has 1 aromatic rings. The van der Waals surface area contributed by atoms with E-state index in [9.17, 15) is 13.2 Å². The Balaban J connectivity index is 2.93. The summed E-state index contributed by atoms with van der Waals surface area (Å²) in [6.07, 6.45) is -6.26. The highest BCUT2D eigenvalue weighted by Crippen LogP contribution is 2.29. The van der Waals surface area contributed by atoms with Crippen molar-refractivity contribution in [3.8, 4) is 5.75 Å². The maximum absolute atomic E-state index is 12.8. The molecule has 0 aromatic heterocycles. The summed E-state index contributed by atoms with van der Waals surface area (Å²) in [7, 11) is 0. The third-order valence-corrected chi connectivity index (χ3v) is 3.47. The molecule has 0 bridgehead atoms. The van der Waals surface area contributed by atoms with Crippen LogP contribution in [0.3, 0.4) is 0 Å². The van der Waals surface area contributed by atoms with E-state index in [-0.39, 0.29) is 12.2 Å². The Morgan fingerprint density at radius 3 is 2.44 bits per heavy atom. The lowest BCUT2D eigenvalue weighted by Gasteiger charge is -2.26. The van der Waals surface area contributed by atoms with E-state index < -0.39 is 18.3 Å². The van der Waals surface area contributed by atoms with E-state index in [4.69, 9.17) is 10.5 Å². The van der Waals surface area contributed by atoms with Crippen LogP contribution in [0, 0.1) is 6.92 Å². The van der Waals surface area contributed by atoms with Crippen LogP contribution in [0.15, 0.2) is 22.7 Å². The molecule has 2 unspecified atom stereocenters. The number of hydrogen-bond acceptors (Lipinski definition) is 2. The molecule has 6 heteroatoms. The van der Waals surface area contributed by atoms with Gasteiger partial charge in [-0.3, -0.25) is 0 Å². The topological polar surface area (TPSA) is 35.2 Å². The molecule has 0 spiro atoms. The largest absolute Gasteiger partial charge is 0.479 e. The first-order valence-corrected chi connectivity index (χ1v) is 6.30. The van der Waals surface area contributed by atoms with Crippen LogP contribution in [0.1, 0.15) is 18.9 Å². The Hall–Kier alpha value is -0.750. The van der Waals surface area contributed by atoms with E-state index in [1.54, 1.807) is 26.0 Å². The van der Waals surface area contributed by atoms with Crippen LogP contribution in [0.5, 0.6) is 5.75 Å². The Morgan fingerprint density at radius 2 is 2.00 bits per heavy atom. The van der Waals surface area contributed by atoms with Crippen molar-refractivity contribution >= 4 is 15.9 Å². The van der Waals surface area contributed by atoms with Crippen LogP contribution in [0.4, 0.5) is 13.2 Å². The van der Waals surface area contributed by atoms with E-state index >= 15 is 0 Å². The number of rotatable bonds is 4. The zero-order valence-electron chi connectivity index (χ0n) is 10.1. The van der Waals surface area contributed by atoms with Crippen molar-refractivity contribution in [3.63, 3.8) is 0 Å². The third-order valence-electron chi connectivity index (χ3n) is 2.58. The van der Waals surface area contributed by atoms with Gasteiger partial charge < -0.3 is 10.5 Å². The Morgan fingerprint density at radius 1 is 1.39 bits per heavy atom. The normalized spacial score (nSPS) is 15.3. The lowest BCUT2D eigenvalue weighted by atomic mass is 10.1. The highest BCUT2D eigenvalue weighted by atomic mass is 79.9. The van der Waals surface area contributed by atoms with E-state index in [1.165, 1.54) is 6.07 Å². The molecule has 0 fully saturated rings. The van der Waals surface area contributed by atoms with Crippen molar-refractivity contribution in [3.05, 3.63) is 28.2 Å². The molecule has 2 atom stereocenters. The molecular formula is C12H15BrF3NO. The summed E-state index contributed by atoms with van der Waals surface area (Å²) >= 11 is 3.28. The van der Waals surface area contributed by atoms with Crippen LogP contribution < -0.4 is 10.5 Å². The summed E-state index contributed by atoms with van der Waals surface area (Å²) in [5.41, 5.74) is 6.27. The molecule has 2 N–H and O–H groups in total. The second-order valence-electron chi connectivity index (χ2n) is 4.06. The molecule has 0 saturated carbocycles. The summed E-state index contributed by atoms with van der Waals surface area (Å²) in [5.74, 6) is 0.168. The first-order chi connectivity index (χ1) is 8.25. The smallest absolute Gasteiger partial charge is 0.426 e. The van der Waals surface area contributed by atoms with Crippen molar-refractivity contribution < 1.29 is 17.9 Å². The third kappa shape index (κ3) is 3.88. The molecule has 0 aliphatic heterocycles. The van der Waals surface area contributed by atoms with E-state index in [0.717, 1.165) is 10.0 Å². The lowest BCUT2D eigenvalue weighted by molar-refractivity contribution is -0.200. The number of benzene rings is 1. The quantitative estimate of drug-likeness (QED) is 0.913. The standard InChI is InChI=1S/C12H15BrF3NO/c1-3-10(17)11(12(14,15)16)18-8-4-5-9(13)7(2)6-8/h4-6,10-11H,3,17H2,1-2H3. The average molecular weight is 326 g/mol. The number of alkyl halides is 3. The second-order valence-corrected chi connectivity index (χ2v) is 4.92. The molecular weight excluding hydrogens is 311 g/mol. The predicted molar refractivity (Wildman–Crippen MR) is 67.6 cm³/mol. The van der Waals surface area contributed by atoms with E-state index in [0.29, 0.717) is 0 Å². The first-order valence-electron chi connectivity index (χ1n) is 5.50. The molecule has 18 heavy (non-hydrogen) atoms. The minimum atomic E-state index is -4.48. The molecule has 0 amide bonds. The zero-order valence-corrected chi connectivity index (χ0v) is 11.7. The SMILES string of the molecule is CCC(N)C(Oc1ccc(Br)c(C)c1)C(F)(F)F. The van der Waals surface area contributed by atoms with Crippen molar-refractivity contribution in [2.24, 2.45) is 5.73 Å². The summed E-state index contributed by atoms with van der Waals surface area (Å²) in [5, 5.41) is 0. The van der Waals surface area contributed by atoms with Crippen LogP contribution in [-0.4, -0.2) is 18.3 Å². The van der Waals surface area contributed by atoms with Gasteiger partial charge in [-0.05, 0) is 37.1 Å². The maximum atomic E-state index is 12.8. The summed E-state index contributed by atoms with van der Waals surface area (Å²) in [4.78, 5) is 0. The second kappa shape index (κ2) is 5.93. The first kappa shape index (κ1) is 15.3. The molecule has 0 aliphatic rings. The Bertz CT molecular complexity index is 409. The molecule has 0 heterocycles. The van der Waals surface area contributed by atoms with Crippen LogP contribution in [0.2, 0.25) is 0 Å². The Labute approximate surface area is 112 Å². The van der Waals surface area contributed by atoms with Gasteiger partial charge in [-0.1, -0.05) is 22.9 Å². The number of hydrogen-bond donors (Lipinski definition) is 1. The van der Waals surface area contributed by atoms with Gasteiger partial charge in [0.2, 0.25) is 6.10 Å². The number of ether oxygens (including phenoxy) is 1. The van der Waals surface area contributed by atoms with Crippen molar-refractivity contribution in [2.45, 2.75) is 38.6 Å². The van der Waals surface area contributed by atoms with E-state index in [2.05, 4.69) is 15.9 Å². The highest BCUT2D eigenvalue weighted by molar-refractivity contribution is 9.10. The van der Waals surface area contributed by atoms with Gasteiger partial charge in [0, 0.05) is 4.47 Å². The molecule has 1 rings (SSSR count). The zero-order chi connectivity index (χ0) is 13.9. The lowest BCUT2D eigenvalue weighted by Crippen LogP contribution is -2.48.